The Morgan fingerprint density at radius 1 is 0.739 bits per heavy atom. The maximum Gasteiger partial charge on any atom is 1.00 e. The summed E-state index contributed by atoms with van der Waals surface area (Å²) < 4.78 is 0. The van der Waals surface area contributed by atoms with E-state index in [9.17, 15) is 4.79 Å². The standard InChI is InChI=1S/C20H25OP.Li/c1-11-8-14(4)19(15(5)9-11)22-20(21)18-13(3)10-12(2)16(6)17(18)7;/h8-10,22H,1-7H3;/q;+1. The van der Waals surface area contributed by atoms with Crippen molar-refractivity contribution in [3.8, 4) is 0 Å². The van der Waals surface area contributed by atoms with Crippen LogP contribution in [0, 0.1) is 48.5 Å². The third kappa shape index (κ3) is 4.16. The Morgan fingerprint density at radius 2 is 1.26 bits per heavy atom. The van der Waals surface area contributed by atoms with Gasteiger partial charge in [0.05, 0.1) is 0 Å². The summed E-state index contributed by atoms with van der Waals surface area (Å²) in [5, 5.41) is 1.20. The third-order valence-electron chi connectivity index (χ3n) is 4.50. The van der Waals surface area contributed by atoms with Crippen LogP contribution in [0.15, 0.2) is 18.2 Å². The molecule has 1 unspecified atom stereocenters. The van der Waals surface area contributed by atoms with Gasteiger partial charge in [0.2, 0.25) is 0 Å². The van der Waals surface area contributed by atoms with Crippen molar-refractivity contribution in [1.29, 1.82) is 0 Å². The molecule has 1 atom stereocenters. The molecule has 116 valence electrons. The molecule has 2 aromatic rings. The summed E-state index contributed by atoms with van der Waals surface area (Å²) >= 11 is 0. The van der Waals surface area contributed by atoms with Crippen LogP contribution in [-0.2, 0) is 0 Å². The zero-order valence-corrected chi connectivity index (χ0v) is 16.6. The van der Waals surface area contributed by atoms with Gasteiger partial charge < -0.3 is 0 Å². The maximum absolute atomic E-state index is 12.9. The Labute approximate surface area is 154 Å². The van der Waals surface area contributed by atoms with E-state index < -0.39 is 0 Å². The van der Waals surface area contributed by atoms with E-state index in [1.54, 1.807) is 0 Å². The van der Waals surface area contributed by atoms with Crippen molar-refractivity contribution in [2.24, 2.45) is 0 Å². The van der Waals surface area contributed by atoms with Gasteiger partial charge in [-0.2, -0.15) is 0 Å². The Kier molecular flexibility index (Phi) is 6.85. The van der Waals surface area contributed by atoms with Gasteiger partial charge in [0.15, 0.2) is 5.52 Å². The van der Waals surface area contributed by atoms with Crippen molar-refractivity contribution in [3.63, 3.8) is 0 Å². The van der Waals surface area contributed by atoms with Crippen molar-refractivity contribution in [3.05, 3.63) is 62.7 Å². The van der Waals surface area contributed by atoms with Gasteiger partial charge >= 0.3 is 18.9 Å². The van der Waals surface area contributed by atoms with Gasteiger partial charge in [-0.15, -0.1) is 0 Å². The molecule has 23 heavy (non-hydrogen) atoms. The van der Waals surface area contributed by atoms with Crippen LogP contribution in [0.2, 0.25) is 0 Å². The first-order chi connectivity index (χ1) is 10.2. The molecule has 0 aromatic heterocycles. The van der Waals surface area contributed by atoms with Crippen LogP contribution in [0.4, 0.5) is 0 Å². The van der Waals surface area contributed by atoms with Crippen LogP contribution in [-0.4, -0.2) is 5.52 Å². The Balaban J connectivity index is 0.00000264. The SMILES string of the molecule is Cc1cc(C)c(PC(=O)c2c(C)cc(C)c(C)c2C)c(C)c1.[Li+]. The molecule has 0 spiro atoms. The molecule has 3 heteroatoms. The number of aryl methyl sites for hydroxylation is 5. The minimum absolute atomic E-state index is 0. The number of hydrogen-bond donors (Lipinski definition) is 0. The molecule has 1 nitrogen and oxygen atoms in total. The van der Waals surface area contributed by atoms with Crippen molar-refractivity contribution < 1.29 is 23.7 Å². The van der Waals surface area contributed by atoms with E-state index in [0.29, 0.717) is 0 Å². The smallest absolute Gasteiger partial charge is 0.289 e. The van der Waals surface area contributed by atoms with Crippen LogP contribution in [0.1, 0.15) is 49.3 Å². The number of rotatable bonds is 3. The first kappa shape index (κ1) is 20.2. The predicted octanol–water partition coefficient (Wildman–Crippen LogP) is 1.99. The number of benzene rings is 2. The number of carbonyl (C=O) groups is 1. The third-order valence-corrected chi connectivity index (χ3v) is 6.01. The fourth-order valence-corrected chi connectivity index (χ4v) is 4.46. The molecule has 0 heterocycles. The molecule has 0 amide bonds. The second-order valence-electron chi connectivity index (χ2n) is 6.36. The molecule has 0 aliphatic rings. The summed E-state index contributed by atoms with van der Waals surface area (Å²) in [6.45, 7) is 14.7. The van der Waals surface area contributed by atoms with Gasteiger partial charge in [-0.25, -0.2) is 0 Å². The molecule has 0 saturated heterocycles. The molecule has 0 aliphatic heterocycles. The molecule has 0 N–H and O–H groups in total. The zero-order valence-electron chi connectivity index (χ0n) is 15.6. The van der Waals surface area contributed by atoms with Gasteiger partial charge in [0.1, 0.15) is 0 Å². The van der Waals surface area contributed by atoms with E-state index in [-0.39, 0.29) is 33.0 Å². The summed E-state index contributed by atoms with van der Waals surface area (Å²) in [6.07, 6.45) is 0. The van der Waals surface area contributed by atoms with Gasteiger partial charge in [0.25, 0.3) is 0 Å². The summed E-state index contributed by atoms with van der Waals surface area (Å²) in [6, 6.07) is 6.47. The van der Waals surface area contributed by atoms with E-state index in [1.165, 1.54) is 33.1 Å². The molecule has 0 fully saturated rings. The Morgan fingerprint density at radius 3 is 1.78 bits per heavy atom. The molecular formula is C20H25LiOP+. The zero-order chi connectivity index (χ0) is 16.6. The van der Waals surface area contributed by atoms with Crippen LogP contribution in [0.25, 0.3) is 0 Å². The first-order valence-electron chi connectivity index (χ1n) is 7.69. The summed E-state index contributed by atoms with van der Waals surface area (Å²) in [5.74, 6) is 0. The minimum atomic E-state index is 0. The summed E-state index contributed by atoms with van der Waals surface area (Å²) in [7, 11) is 0.197. The second-order valence-corrected chi connectivity index (χ2v) is 7.57. The van der Waals surface area contributed by atoms with Gasteiger partial charge in [-0.1, -0.05) is 23.8 Å². The van der Waals surface area contributed by atoms with E-state index in [1.807, 2.05) is 6.92 Å². The average Bonchev–Trinajstić information content (AvgIpc) is 2.40. The quantitative estimate of drug-likeness (QED) is 0.625. The van der Waals surface area contributed by atoms with Gasteiger partial charge in [-0.05, 0) is 95.7 Å². The number of carbonyl (C=O) groups excluding carboxylic acids is 1. The van der Waals surface area contributed by atoms with E-state index in [0.717, 1.165) is 16.7 Å². The van der Waals surface area contributed by atoms with Gasteiger partial charge in [-0.3, -0.25) is 4.79 Å². The monoisotopic (exact) mass is 319 g/mol. The van der Waals surface area contributed by atoms with Crippen LogP contribution < -0.4 is 24.2 Å². The average molecular weight is 319 g/mol. The predicted molar refractivity (Wildman–Crippen MR) is 98.3 cm³/mol. The van der Waals surface area contributed by atoms with Crippen LogP contribution in [0.3, 0.4) is 0 Å². The molecule has 0 aliphatic carbocycles. The fourth-order valence-electron chi connectivity index (χ4n) is 3.19. The van der Waals surface area contributed by atoms with Crippen molar-refractivity contribution in [1.82, 2.24) is 0 Å². The topological polar surface area (TPSA) is 17.1 Å². The largest absolute Gasteiger partial charge is 1.00 e. The normalized spacial score (nSPS) is 10.9. The van der Waals surface area contributed by atoms with Crippen molar-refractivity contribution in [2.75, 3.05) is 0 Å². The molecule has 0 bridgehead atoms. The molecule has 0 radical (unpaired) electrons. The first-order valence-corrected chi connectivity index (χ1v) is 8.69. The Bertz CT molecular complexity index is 740. The summed E-state index contributed by atoms with van der Waals surface area (Å²) in [5.41, 5.74) is 9.61. The molecular weight excluding hydrogens is 294 g/mol. The van der Waals surface area contributed by atoms with E-state index >= 15 is 0 Å². The summed E-state index contributed by atoms with van der Waals surface area (Å²) in [4.78, 5) is 12.9. The molecule has 0 saturated carbocycles. The molecule has 2 rings (SSSR count). The second kappa shape index (κ2) is 7.81. The Hall–Kier alpha value is -0.863. The van der Waals surface area contributed by atoms with Crippen LogP contribution >= 0.6 is 8.58 Å². The van der Waals surface area contributed by atoms with E-state index in [2.05, 4.69) is 59.7 Å². The minimum Gasteiger partial charge on any atom is -0.289 e. The van der Waals surface area contributed by atoms with E-state index in [4.69, 9.17) is 0 Å². The fraction of sp³-hybridized carbons (Fsp3) is 0.350. The van der Waals surface area contributed by atoms with Crippen molar-refractivity contribution >= 4 is 19.4 Å². The maximum atomic E-state index is 12.9. The van der Waals surface area contributed by atoms with Crippen LogP contribution in [0.5, 0.6) is 0 Å². The van der Waals surface area contributed by atoms with Gasteiger partial charge in [0, 0.05) is 5.56 Å². The van der Waals surface area contributed by atoms with Crippen molar-refractivity contribution in [2.45, 2.75) is 48.5 Å². The molecule has 2 aromatic carbocycles. The number of hydrogen-bond acceptors (Lipinski definition) is 1.